The molecule has 1 aromatic heterocycles. The zero-order chi connectivity index (χ0) is 17.5. The van der Waals surface area contributed by atoms with Crippen molar-refractivity contribution in [3.63, 3.8) is 0 Å². The summed E-state index contributed by atoms with van der Waals surface area (Å²) in [5, 5.41) is 5.99. The number of nitrogens with one attached hydrogen (secondary N) is 2. The number of hydrogen-bond acceptors (Lipinski definition) is 5. The van der Waals surface area contributed by atoms with E-state index in [1.54, 1.807) is 0 Å². The van der Waals surface area contributed by atoms with Gasteiger partial charge in [0.15, 0.2) is 0 Å². The number of aromatic nitrogens is 2. The third-order valence-corrected chi connectivity index (χ3v) is 4.29. The molecule has 0 saturated heterocycles. The Labute approximate surface area is 150 Å². The lowest BCUT2D eigenvalue weighted by Crippen LogP contribution is -2.27. The van der Waals surface area contributed by atoms with E-state index in [0.29, 0.717) is 18.1 Å². The highest BCUT2D eigenvalue weighted by molar-refractivity contribution is 9.10. The van der Waals surface area contributed by atoms with Crippen LogP contribution in [0.4, 0.5) is 11.6 Å². The van der Waals surface area contributed by atoms with Crippen LogP contribution in [0.25, 0.3) is 0 Å². The summed E-state index contributed by atoms with van der Waals surface area (Å²) in [6.07, 6.45) is 3.97. The first-order valence-corrected chi connectivity index (χ1v) is 8.53. The molecule has 1 heterocycles. The maximum absolute atomic E-state index is 12.0. The first-order valence-electron chi connectivity index (χ1n) is 7.74. The lowest BCUT2D eigenvalue weighted by atomic mass is 10.2. The molecule has 7 heteroatoms. The number of halogens is 1. The van der Waals surface area contributed by atoms with Gasteiger partial charge in [-0.25, -0.2) is 9.97 Å². The van der Waals surface area contributed by atoms with Crippen LogP contribution < -0.4 is 10.6 Å². The van der Waals surface area contributed by atoms with E-state index >= 15 is 0 Å². The molecular formula is C17H22BrN5O. The van der Waals surface area contributed by atoms with Crippen LogP contribution >= 0.6 is 15.9 Å². The molecule has 0 radical (unpaired) electrons. The van der Waals surface area contributed by atoms with Gasteiger partial charge in [-0.1, -0.05) is 15.9 Å². The molecular weight excluding hydrogens is 370 g/mol. The summed E-state index contributed by atoms with van der Waals surface area (Å²) in [7, 11) is 4.02. The molecule has 0 spiro atoms. The van der Waals surface area contributed by atoms with Gasteiger partial charge in [-0.15, -0.1) is 0 Å². The molecule has 0 fully saturated rings. The van der Waals surface area contributed by atoms with E-state index in [2.05, 4.69) is 41.4 Å². The van der Waals surface area contributed by atoms with Crippen LogP contribution in [0.3, 0.4) is 0 Å². The van der Waals surface area contributed by atoms with Gasteiger partial charge in [-0.2, -0.15) is 0 Å². The maximum Gasteiger partial charge on any atom is 0.254 e. The van der Waals surface area contributed by atoms with Crippen LogP contribution in [0.15, 0.2) is 35.1 Å². The van der Waals surface area contributed by atoms with Crippen molar-refractivity contribution in [3.05, 3.63) is 46.2 Å². The van der Waals surface area contributed by atoms with Crippen LogP contribution in [-0.2, 0) is 0 Å². The van der Waals surface area contributed by atoms with Crippen molar-refractivity contribution in [3.8, 4) is 0 Å². The first-order chi connectivity index (χ1) is 11.5. The van der Waals surface area contributed by atoms with Crippen LogP contribution in [-0.4, -0.2) is 48.0 Å². The first kappa shape index (κ1) is 18.4. The molecule has 2 N–H and O–H groups in total. The van der Waals surface area contributed by atoms with Gasteiger partial charge in [0.25, 0.3) is 5.91 Å². The maximum atomic E-state index is 12.0. The second kappa shape index (κ2) is 8.75. The molecule has 0 aliphatic rings. The normalized spacial score (nSPS) is 10.7. The Morgan fingerprint density at radius 2 is 1.96 bits per heavy atom. The predicted octanol–water partition coefficient (Wildman–Crippen LogP) is 2.97. The molecule has 0 atom stereocenters. The summed E-state index contributed by atoms with van der Waals surface area (Å²) in [6, 6.07) is 5.90. The van der Waals surface area contributed by atoms with Gasteiger partial charge >= 0.3 is 0 Å². The molecule has 128 valence electrons. The molecule has 0 aliphatic heterocycles. The number of benzene rings is 1. The summed E-state index contributed by atoms with van der Waals surface area (Å²) in [6.45, 7) is 3.58. The third kappa shape index (κ3) is 5.58. The number of nitrogens with zero attached hydrogens (tertiary/aromatic N) is 3. The molecule has 1 amide bonds. The Balaban J connectivity index is 1.90. The van der Waals surface area contributed by atoms with Crippen LogP contribution in [0.5, 0.6) is 0 Å². The summed E-state index contributed by atoms with van der Waals surface area (Å²) < 4.78 is 1.05. The third-order valence-electron chi connectivity index (χ3n) is 3.40. The summed E-state index contributed by atoms with van der Waals surface area (Å²) in [4.78, 5) is 22.5. The van der Waals surface area contributed by atoms with Crippen LogP contribution in [0.2, 0.25) is 0 Å². The average molecular weight is 392 g/mol. The zero-order valence-electron chi connectivity index (χ0n) is 14.1. The minimum atomic E-state index is -0.153. The van der Waals surface area contributed by atoms with Crippen molar-refractivity contribution in [2.45, 2.75) is 13.3 Å². The lowest BCUT2D eigenvalue weighted by Gasteiger charge is -2.10. The van der Waals surface area contributed by atoms with E-state index in [-0.39, 0.29) is 5.91 Å². The Morgan fingerprint density at radius 1 is 1.25 bits per heavy atom. The van der Waals surface area contributed by atoms with E-state index < -0.39 is 0 Å². The summed E-state index contributed by atoms with van der Waals surface area (Å²) >= 11 is 3.47. The SMILES string of the molecule is Cc1cc(Nc2ncc(C(=O)NCCCN(C)C)cn2)ccc1Br. The number of anilines is 2. The Kier molecular flexibility index (Phi) is 6.69. The molecule has 24 heavy (non-hydrogen) atoms. The lowest BCUT2D eigenvalue weighted by molar-refractivity contribution is 0.0951. The monoisotopic (exact) mass is 391 g/mol. The van der Waals surface area contributed by atoms with E-state index in [4.69, 9.17) is 0 Å². The smallest absolute Gasteiger partial charge is 0.254 e. The van der Waals surface area contributed by atoms with Crippen molar-refractivity contribution in [1.82, 2.24) is 20.2 Å². The molecule has 6 nitrogen and oxygen atoms in total. The van der Waals surface area contributed by atoms with Gasteiger partial charge < -0.3 is 15.5 Å². The largest absolute Gasteiger partial charge is 0.352 e. The zero-order valence-corrected chi connectivity index (χ0v) is 15.7. The molecule has 1 aromatic carbocycles. The second-order valence-corrected chi connectivity index (χ2v) is 6.65. The average Bonchev–Trinajstić information content (AvgIpc) is 2.55. The van der Waals surface area contributed by atoms with Crippen molar-refractivity contribution in [2.75, 3.05) is 32.5 Å². The Hall–Kier alpha value is -1.99. The van der Waals surface area contributed by atoms with Gasteiger partial charge in [-0.3, -0.25) is 4.79 Å². The molecule has 0 aliphatic carbocycles. The highest BCUT2D eigenvalue weighted by atomic mass is 79.9. The van der Waals surface area contributed by atoms with Gasteiger partial charge in [0.05, 0.1) is 5.56 Å². The van der Waals surface area contributed by atoms with E-state index in [0.717, 1.165) is 28.7 Å². The topological polar surface area (TPSA) is 70.2 Å². The van der Waals surface area contributed by atoms with E-state index in [9.17, 15) is 4.79 Å². The number of carbonyl (C=O) groups excluding carboxylic acids is 1. The fraction of sp³-hybridized carbons (Fsp3) is 0.353. The summed E-state index contributed by atoms with van der Waals surface area (Å²) in [5.41, 5.74) is 2.47. The van der Waals surface area contributed by atoms with Crippen molar-refractivity contribution in [1.29, 1.82) is 0 Å². The molecule has 0 bridgehead atoms. The fourth-order valence-electron chi connectivity index (χ4n) is 2.06. The molecule has 2 aromatic rings. The van der Waals surface area contributed by atoms with Crippen molar-refractivity contribution < 1.29 is 4.79 Å². The highest BCUT2D eigenvalue weighted by Gasteiger charge is 2.07. The molecule has 0 unspecified atom stereocenters. The van der Waals surface area contributed by atoms with Crippen molar-refractivity contribution in [2.24, 2.45) is 0 Å². The van der Waals surface area contributed by atoms with Gasteiger partial charge in [-0.05, 0) is 57.7 Å². The minimum absolute atomic E-state index is 0.153. The summed E-state index contributed by atoms with van der Waals surface area (Å²) in [5.74, 6) is 0.306. The predicted molar refractivity (Wildman–Crippen MR) is 99.7 cm³/mol. The Morgan fingerprint density at radius 3 is 2.58 bits per heavy atom. The number of amides is 1. The van der Waals surface area contributed by atoms with Gasteiger partial charge in [0.1, 0.15) is 0 Å². The van der Waals surface area contributed by atoms with Gasteiger partial charge in [0.2, 0.25) is 5.95 Å². The quantitative estimate of drug-likeness (QED) is 0.709. The van der Waals surface area contributed by atoms with Crippen molar-refractivity contribution >= 4 is 33.5 Å². The standard InChI is InChI=1S/C17H22BrN5O/c1-12-9-14(5-6-15(12)18)22-17-20-10-13(11-21-17)16(24)19-7-4-8-23(2)3/h5-6,9-11H,4,7-8H2,1-3H3,(H,19,24)(H,20,21,22). The minimum Gasteiger partial charge on any atom is -0.352 e. The van der Waals surface area contributed by atoms with Crippen LogP contribution in [0, 0.1) is 6.92 Å². The number of carbonyl (C=O) groups is 1. The Bertz CT molecular complexity index is 688. The number of rotatable bonds is 7. The van der Waals surface area contributed by atoms with Crippen LogP contribution in [0.1, 0.15) is 22.3 Å². The van der Waals surface area contributed by atoms with E-state index in [1.807, 2.05) is 39.2 Å². The van der Waals surface area contributed by atoms with Gasteiger partial charge in [0, 0.05) is 29.1 Å². The molecule has 2 rings (SSSR count). The second-order valence-electron chi connectivity index (χ2n) is 5.80. The number of hydrogen-bond donors (Lipinski definition) is 2. The van der Waals surface area contributed by atoms with E-state index in [1.165, 1.54) is 12.4 Å². The fourth-order valence-corrected chi connectivity index (χ4v) is 2.31. The molecule has 0 saturated carbocycles. The highest BCUT2D eigenvalue weighted by Crippen LogP contribution is 2.21. The number of aryl methyl sites for hydroxylation is 1.